The van der Waals surface area contributed by atoms with E-state index in [-0.39, 0.29) is 5.91 Å². The average molecular weight is 355 g/mol. The van der Waals surface area contributed by atoms with E-state index < -0.39 is 0 Å². The van der Waals surface area contributed by atoms with Crippen molar-refractivity contribution in [3.63, 3.8) is 0 Å². The van der Waals surface area contributed by atoms with Crippen molar-refractivity contribution in [2.24, 2.45) is 14.1 Å². The van der Waals surface area contributed by atoms with Crippen molar-refractivity contribution in [2.75, 3.05) is 0 Å². The predicted molar refractivity (Wildman–Crippen MR) is 97.5 cm³/mol. The van der Waals surface area contributed by atoms with E-state index in [1.165, 1.54) is 41.0 Å². The summed E-state index contributed by atoms with van der Waals surface area (Å²) in [7, 11) is 3.68. The Kier molecular flexibility index (Phi) is 4.17. The number of aromatic nitrogens is 4. The van der Waals surface area contributed by atoms with Crippen molar-refractivity contribution < 1.29 is 4.79 Å². The van der Waals surface area contributed by atoms with Crippen LogP contribution in [0.4, 0.5) is 0 Å². The maximum atomic E-state index is 12.7. The minimum atomic E-state index is -0.0988. The highest BCUT2D eigenvalue weighted by atomic mass is 32.1. The van der Waals surface area contributed by atoms with Gasteiger partial charge in [0.25, 0.3) is 5.91 Å². The molecule has 3 heterocycles. The number of carbonyl (C=O) groups is 1. The highest BCUT2D eigenvalue weighted by Gasteiger charge is 2.19. The summed E-state index contributed by atoms with van der Waals surface area (Å²) in [5.41, 5.74) is 3.56. The summed E-state index contributed by atoms with van der Waals surface area (Å²) in [5, 5.41) is 11.6. The molecule has 0 radical (unpaired) electrons. The minimum Gasteiger partial charge on any atom is -0.347 e. The number of hydrogen-bond acceptors (Lipinski definition) is 4. The third kappa shape index (κ3) is 3.24. The second-order valence-corrected chi connectivity index (χ2v) is 7.74. The van der Waals surface area contributed by atoms with Gasteiger partial charge >= 0.3 is 0 Å². The fourth-order valence-electron chi connectivity index (χ4n) is 3.31. The first-order valence-corrected chi connectivity index (χ1v) is 9.33. The largest absolute Gasteiger partial charge is 0.347 e. The lowest BCUT2D eigenvalue weighted by atomic mass is 9.99. The predicted octanol–water partition coefficient (Wildman–Crippen LogP) is 2.69. The fraction of sp³-hybridized carbons (Fsp3) is 0.389. The van der Waals surface area contributed by atoms with Crippen LogP contribution in [0.1, 0.15) is 38.5 Å². The van der Waals surface area contributed by atoms with Gasteiger partial charge in [-0.25, -0.2) is 0 Å². The summed E-state index contributed by atoms with van der Waals surface area (Å²) >= 11 is 1.83. The first kappa shape index (κ1) is 16.1. The maximum absolute atomic E-state index is 12.7. The third-order valence-corrected chi connectivity index (χ3v) is 5.76. The fourth-order valence-corrected chi connectivity index (χ4v) is 4.51. The molecular weight excluding hydrogens is 334 g/mol. The average Bonchev–Trinajstić information content (AvgIpc) is 3.29. The van der Waals surface area contributed by atoms with Gasteiger partial charge in [0.1, 0.15) is 5.69 Å². The van der Waals surface area contributed by atoms with Gasteiger partial charge in [-0.05, 0) is 37.3 Å². The van der Waals surface area contributed by atoms with Crippen LogP contribution in [-0.4, -0.2) is 25.5 Å². The van der Waals surface area contributed by atoms with E-state index in [1.807, 2.05) is 31.6 Å². The SMILES string of the molecule is Cn1cc(-c2nn(C)cc2C(=O)NCc2cc3c(s2)CCCC3)cn1. The number of aryl methyl sites for hydroxylation is 4. The van der Waals surface area contributed by atoms with Crippen LogP contribution >= 0.6 is 11.3 Å². The summed E-state index contributed by atoms with van der Waals surface area (Å²) < 4.78 is 3.38. The van der Waals surface area contributed by atoms with Crippen molar-refractivity contribution in [3.05, 3.63) is 45.5 Å². The molecule has 0 saturated carbocycles. The molecule has 130 valence electrons. The van der Waals surface area contributed by atoms with Gasteiger partial charge in [-0.15, -0.1) is 11.3 Å². The normalized spacial score (nSPS) is 13.7. The van der Waals surface area contributed by atoms with Crippen LogP contribution < -0.4 is 5.32 Å². The van der Waals surface area contributed by atoms with Gasteiger partial charge in [0.15, 0.2) is 0 Å². The van der Waals surface area contributed by atoms with Crippen LogP contribution in [0.5, 0.6) is 0 Å². The molecule has 0 bridgehead atoms. The minimum absolute atomic E-state index is 0.0988. The van der Waals surface area contributed by atoms with Crippen LogP contribution in [0.2, 0.25) is 0 Å². The molecule has 0 unspecified atom stereocenters. The number of amides is 1. The topological polar surface area (TPSA) is 64.7 Å². The molecule has 6 nitrogen and oxygen atoms in total. The Bertz CT molecular complexity index is 896. The van der Waals surface area contributed by atoms with E-state index in [0.29, 0.717) is 17.8 Å². The molecule has 0 aromatic carbocycles. The highest BCUT2D eigenvalue weighted by molar-refractivity contribution is 7.12. The molecule has 3 aromatic rings. The molecule has 1 N–H and O–H groups in total. The van der Waals surface area contributed by atoms with E-state index in [1.54, 1.807) is 21.8 Å². The van der Waals surface area contributed by atoms with Gasteiger partial charge in [-0.1, -0.05) is 0 Å². The van der Waals surface area contributed by atoms with Crippen molar-refractivity contribution in [3.8, 4) is 11.3 Å². The Hall–Kier alpha value is -2.41. The van der Waals surface area contributed by atoms with Gasteiger partial charge in [0.2, 0.25) is 0 Å². The van der Waals surface area contributed by atoms with E-state index in [4.69, 9.17) is 0 Å². The number of carbonyl (C=O) groups excluding carboxylic acids is 1. The van der Waals surface area contributed by atoms with Gasteiger partial charge in [-0.3, -0.25) is 14.2 Å². The second kappa shape index (κ2) is 6.48. The number of thiophene rings is 1. The molecule has 0 spiro atoms. The Labute approximate surface area is 150 Å². The molecule has 3 aromatic heterocycles. The van der Waals surface area contributed by atoms with E-state index in [0.717, 1.165) is 5.56 Å². The summed E-state index contributed by atoms with van der Waals surface area (Å²) in [5.74, 6) is -0.0988. The lowest BCUT2D eigenvalue weighted by Crippen LogP contribution is -2.22. The number of nitrogens with zero attached hydrogens (tertiary/aromatic N) is 4. The zero-order chi connectivity index (χ0) is 17.4. The maximum Gasteiger partial charge on any atom is 0.255 e. The van der Waals surface area contributed by atoms with Gasteiger partial charge in [0.05, 0.1) is 18.3 Å². The van der Waals surface area contributed by atoms with Gasteiger partial charge < -0.3 is 5.32 Å². The standard InChI is InChI=1S/C18H21N5OS/c1-22-10-13(8-20-22)17-15(11-23(2)21-17)18(24)19-9-14-7-12-5-3-4-6-16(12)25-14/h7-8,10-11H,3-6,9H2,1-2H3,(H,19,24). The van der Waals surface area contributed by atoms with Crippen molar-refractivity contribution in [1.29, 1.82) is 0 Å². The first-order valence-electron chi connectivity index (χ1n) is 8.51. The van der Waals surface area contributed by atoms with E-state index in [2.05, 4.69) is 21.6 Å². The third-order valence-electron chi connectivity index (χ3n) is 4.52. The summed E-state index contributed by atoms with van der Waals surface area (Å²) in [6, 6.07) is 2.25. The molecule has 0 aliphatic heterocycles. The molecule has 7 heteroatoms. The van der Waals surface area contributed by atoms with E-state index >= 15 is 0 Å². The molecule has 0 atom stereocenters. The number of nitrogens with one attached hydrogen (secondary N) is 1. The summed E-state index contributed by atoms with van der Waals surface area (Å²) in [6.45, 7) is 0.567. The molecule has 1 aliphatic rings. The van der Waals surface area contributed by atoms with Crippen LogP contribution in [-0.2, 0) is 33.5 Å². The highest BCUT2D eigenvalue weighted by Crippen LogP contribution is 2.29. The Morgan fingerprint density at radius 2 is 2.08 bits per heavy atom. The van der Waals surface area contributed by atoms with Gasteiger partial charge in [0, 0.05) is 41.8 Å². The van der Waals surface area contributed by atoms with Crippen molar-refractivity contribution in [2.45, 2.75) is 32.2 Å². The zero-order valence-electron chi connectivity index (χ0n) is 14.5. The van der Waals surface area contributed by atoms with Crippen LogP contribution in [0.25, 0.3) is 11.3 Å². The smallest absolute Gasteiger partial charge is 0.255 e. The Morgan fingerprint density at radius 3 is 2.84 bits per heavy atom. The molecule has 0 saturated heterocycles. The van der Waals surface area contributed by atoms with E-state index in [9.17, 15) is 4.79 Å². The molecule has 25 heavy (non-hydrogen) atoms. The zero-order valence-corrected chi connectivity index (χ0v) is 15.3. The number of hydrogen-bond donors (Lipinski definition) is 1. The summed E-state index contributed by atoms with van der Waals surface area (Å²) in [4.78, 5) is 15.4. The molecule has 1 aliphatic carbocycles. The monoisotopic (exact) mass is 355 g/mol. The molecule has 1 amide bonds. The summed E-state index contributed by atoms with van der Waals surface area (Å²) in [6.07, 6.45) is 10.3. The lowest BCUT2D eigenvalue weighted by molar-refractivity contribution is 0.0952. The van der Waals surface area contributed by atoms with Crippen LogP contribution in [0.3, 0.4) is 0 Å². The number of fused-ring (bicyclic) bond motifs is 1. The Balaban J connectivity index is 1.51. The second-order valence-electron chi connectivity index (χ2n) is 6.52. The molecular formula is C18H21N5OS. The number of rotatable bonds is 4. The van der Waals surface area contributed by atoms with Crippen LogP contribution in [0, 0.1) is 0 Å². The molecule has 4 rings (SSSR count). The Morgan fingerprint density at radius 1 is 1.24 bits per heavy atom. The van der Waals surface area contributed by atoms with Gasteiger partial charge in [-0.2, -0.15) is 10.2 Å². The van der Waals surface area contributed by atoms with Crippen molar-refractivity contribution >= 4 is 17.2 Å². The first-order chi connectivity index (χ1) is 12.1. The molecule has 0 fully saturated rings. The van der Waals surface area contributed by atoms with Crippen molar-refractivity contribution in [1.82, 2.24) is 24.9 Å². The quantitative estimate of drug-likeness (QED) is 0.782. The van der Waals surface area contributed by atoms with Crippen LogP contribution in [0.15, 0.2) is 24.7 Å². The lowest BCUT2D eigenvalue weighted by Gasteiger charge is -2.08.